The lowest BCUT2D eigenvalue weighted by molar-refractivity contribution is -0.384. The number of hydrogen-bond donors (Lipinski definition) is 1. The molecule has 0 bridgehead atoms. The number of fused-ring (bicyclic) bond motifs is 3. The summed E-state index contributed by atoms with van der Waals surface area (Å²) in [5, 5.41) is 15.0. The fraction of sp³-hybridized carbons (Fsp3) is 0.263. The van der Waals surface area contributed by atoms with Crippen LogP contribution in [0.4, 0.5) is 11.4 Å². The predicted octanol–water partition coefficient (Wildman–Crippen LogP) is 5.38. The summed E-state index contributed by atoms with van der Waals surface area (Å²) < 4.78 is 0. The van der Waals surface area contributed by atoms with Gasteiger partial charge in [0, 0.05) is 17.7 Å². The van der Waals surface area contributed by atoms with Gasteiger partial charge in [0.2, 0.25) is 0 Å². The third-order valence-electron chi connectivity index (χ3n) is 5.04. The minimum atomic E-state index is -0.420. The Kier molecular flexibility index (Phi) is 3.57. The SMILES string of the molecule is Cc1ccc2c(c1)[C@@H]1C=CC[C@@H]1[C@H](c1ccc(Cl)c([N+](=O)[O-])c1)N2. The maximum Gasteiger partial charge on any atom is 0.288 e. The van der Waals surface area contributed by atoms with Crippen LogP contribution in [0.2, 0.25) is 5.02 Å². The molecule has 0 amide bonds. The monoisotopic (exact) mass is 340 g/mol. The summed E-state index contributed by atoms with van der Waals surface area (Å²) in [5.74, 6) is 0.709. The first-order valence-electron chi connectivity index (χ1n) is 8.02. The van der Waals surface area contributed by atoms with Crippen molar-refractivity contribution in [2.75, 3.05) is 5.32 Å². The molecule has 122 valence electrons. The lowest BCUT2D eigenvalue weighted by Gasteiger charge is -2.37. The summed E-state index contributed by atoms with van der Waals surface area (Å²) in [6.45, 7) is 2.10. The van der Waals surface area contributed by atoms with Crippen LogP contribution in [0.15, 0.2) is 48.6 Å². The Hall–Kier alpha value is -2.33. The summed E-state index contributed by atoms with van der Waals surface area (Å²) in [6.07, 6.45) is 5.44. The predicted molar refractivity (Wildman–Crippen MR) is 95.6 cm³/mol. The van der Waals surface area contributed by atoms with Crippen LogP contribution < -0.4 is 5.32 Å². The van der Waals surface area contributed by atoms with Gasteiger partial charge in [0.25, 0.3) is 5.69 Å². The Morgan fingerprint density at radius 1 is 1.25 bits per heavy atom. The molecule has 1 heterocycles. The zero-order chi connectivity index (χ0) is 16.8. The van der Waals surface area contributed by atoms with Crippen molar-refractivity contribution in [3.8, 4) is 0 Å². The van der Waals surface area contributed by atoms with Crippen molar-refractivity contribution in [1.29, 1.82) is 0 Å². The van der Waals surface area contributed by atoms with Crippen LogP contribution in [0.25, 0.3) is 0 Å². The van der Waals surface area contributed by atoms with Gasteiger partial charge in [-0.1, -0.05) is 47.5 Å². The zero-order valence-electron chi connectivity index (χ0n) is 13.2. The van der Waals surface area contributed by atoms with E-state index in [1.807, 2.05) is 6.07 Å². The fourth-order valence-electron chi connectivity index (χ4n) is 3.91. The van der Waals surface area contributed by atoms with E-state index in [1.54, 1.807) is 12.1 Å². The van der Waals surface area contributed by atoms with Crippen molar-refractivity contribution in [2.45, 2.75) is 25.3 Å². The molecule has 0 saturated heterocycles. The first kappa shape index (κ1) is 15.2. The molecule has 1 aliphatic carbocycles. The molecule has 4 nitrogen and oxygen atoms in total. The largest absolute Gasteiger partial charge is 0.378 e. The third-order valence-corrected chi connectivity index (χ3v) is 5.36. The van der Waals surface area contributed by atoms with E-state index in [-0.39, 0.29) is 16.8 Å². The summed E-state index contributed by atoms with van der Waals surface area (Å²) in [5.41, 5.74) is 4.55. The Morgan fingerprint density at radius 2 is 2.08 bits per heavy atom. The second-order valence-electron chi connectivity index (χ2n) is 6.53. The van der Waals surface area contributed by atoms with Crippen molar-refractivity contribution < 1.29 is 4.92 Å². The van der Waals surface area contributed by atoms with Gasteiger partial charge < -0.3 is 5.32 Å². The summed E-state index contributed by atoms with van der Waals surface area (Å²) >= 11 is 5.97. The quantitative estimate of drug-likeness (QED) is 0.453. The fourth-order valence-corrected chi connectivity index (χ4v) is 4.09. The number of aryl methyl sites for hydroxylation is 1. The van der Waals surface area contributed by atoms with Gasteiger partial charge in [-0.3, -0.25) is 10.1 Å². The van der Waals surface area contributed by atoms with E-state index in [9.17, 15) is 10.1 Å². The second-order valence-corrected chi connectivity index (χ2v) is 6.94. The summed E-state index contributed by atoms with van der Waals surface area (Å²) in [4.78, 5) is 10.8. The van der Waals surface area contributed by atoms with Crippen molar-refractivity contribution in [2.24, 2.45) is 5.92 Å². The first-order chi connectivity index (χ1) is 11.5. The summed E-state index contributed by atoms with van der Waals surface area (Å²) in [6, 6.07) is 11.6. The van der Waals surface area contributed by atoms with E-state index in [1.165, 1.54) is 11.1 Å². The smallest absolute Gasteiger partial charge is 0.288 e. The van der Waals surface area contributed by atoms with Crippen LogP contribution in [0, 0.1) is 23.0 Å². The molecule has 2 aromatic rings. The highest BCUT2D eigenvalue weighted by Gasteiger charge is 2.38. The van der Waals surface area contributed by atoms with Gasteiger partial charge in [-0.25, -0.2) is 0 Å². The summed E-state index contributed by atoms with van der Waals surface area (Å²) in [7, 11) is 0. The van der Waals surface area contributed by atoms with E-state index in [4.69, 9.17) is 11.6 Å². The highest BCUT2D eigenvalue weighted by molar-refractivity contribution is 6.32. The number of rotatable bonds is 2. The van der Waals surface area contributed by atoms with Gasteiger partial charge in [-0.2, -0.15) is 0 Å². The number of nitro benzene ring substituents is 1. The molecule has 5 heteroatoms. The Morgan fingerprint density at radius 3 is 2.88 bits per heavy atom. The number of nitro groups is 1. The van der Waals surface area contributed by atoms with Crippen LogP contribution in [-0.4, -0.2) is 4.92 Å². The number of nitrogens with zero attached hydrogens (tertiary/aromatic N) is 1. The Bertz CT molecular complexity index is 862. The van der Waals surface area contributed by atoms with Gasteiger partial charge in [0.15, 0.2) is 0 Å². The normalized spacial score (nSPS) is 24.2. The van der Waals surface area contributed by atoms with Crippen LogP contribution in [0.5, 0.6) is 0 Å². The molecule has 4 rings (SSSR count). The number of nitrogens with one attached hydrogen (secondary N) is 1. The molecule has 1 N–H and O–H groups in total. The molecular weight excluding hydrogens is 324 g/mol. The topological polar surface area (TPSA) is 55.2 Å². The number of hydrogen-bond acceptors (Lipinski definition) is 3. The molecule has 0 unspecified atom stereocenters. The number of benzene rings is 2. The van der Waals surface area contributed by atoms with E-state index in [0.29, 0.717) is 11.8 Å². The highest BCUT2D eigenvalue weighted by atomic mass is 35.5. The number of halogens is 1. The lowest BCUT2D eigenvalue weighted by atomic mass is 9.76. The van der Waals surface area contributed by atoms with Gasteiger partial charge in [-0.05, 0) is 42.5 Å². The number of anilines is 1. The molecule has 1 aliphatic heterocycles. The van der Waals surface area contributed by atoms with E-state index in [0.717, 1.165) is 17.7 Å². The van der Waals surface area contributed by atoms with Crippen molar-refractivity contribution >= 4 is 23.0 Å². The molecule has 0 radical (unpaired) electrons. The minimum Gasteiger partial charge on any atom is -0.378 e. The lowest BCUT2D eigenvalue weighted by Crippen LogP contribution is -2.29. The maximum absolute atomic E-state index is 11.2. The molecule has 0 aromatic heterocycles. The zero-order valence-corrected chi connectivity index (χ0v) is 14.0. The minimum absolute atomic E-state index is 0.0341. The highest BCUT2D eigenvalue weighted by Crippen LogP contribution is 2.50. The maximum atomic E-state index is 11.2. The molecular formula is C19H17ClN2O2. The average Bonchev–Trinajstić information content (AvgIpc) is 3.04. The van der Waals surface area contributed by atoms with Gasteiger partial charge in [-0.15, -0.1) is 0 Å². The molecule has 0 fully saturated rings. The van der Waals surface area contributed by atoms with Gasteiger partial charge in [0.05, 0.1) is 11.0 Å². The van der Waals surface area contributed by atoms with Crippen LogP contribution >= 0.6 is 11.6 Å². The number of allylic oxidation sites excluding steroid dienone is 2. The van der Waals surface area contributed by atoms with E-state index in [2.05, 4.69) is 42.6 Å². The average molecular weight is 341 g/mol. The van der Waals surface area contributed by atoms with Gasteiger partial charge >= 0.3 is 0 Å². The standard InChI is InChI=1S/C19H17ClN2O2/c1-11-5-8-17-15(9-11)13-3-2-4-14(13)19(21-17)12-6-7-16(20)18(10-12)22(23)24/h2-3,5-10,13-14,19,21H,4H2,1H3/t13-,14+,19+/m1/s1. The molecule has 2 aromatic carbocycles. The van der Waals surface area contributed by atoms with E-state index >= 15 is 0 Å². The van der Waals surface area contributed by atoms with Crippen molar-refractivity contribution in [1.82, 2.24) is 0 Å². The molecule has 0 spiro atoms. The van der Waals surface area contributed by atoms with Crippen LogP contribution in [0.3, 0.4) is 0 Å². The van der Waals surface area contributed by atoms with Crippen LogP contribution in [0.1, 0.15) is 35.1 Å². The van der Waals surface area contributed by atoms with E-state index < -0.39 is 4.92 Å². The van der Waals surface area contributed by atoms with Crippen LogP contribution in [-0.2, 0) is 0 Å². The molecule has 0 saturated carbocycles. The molecule has 24 heavy (non-hydrogen) atoms. The molecule has 2 aliphatic rings. The third kappa shape index (κ3) is 2.38. The molecule has 3 atom stereocenters. The Labute approximate surface area is 145 Å². The van der Waals surface area contributed by atoms with Crippen molar-refractivity contribution in [3.63, 3.8) is 0 Å². The first-order valence-corrected chi connectivity index (χ1v) is 8.40. The van der Waals surface area contributed by atoms with Crippen molar-refractivity contribution in [3.05, 3.63) is 80.4 Å². The Balaban J connectivity index is 1.79. The van der Waals surface area contributed by atoms with Gasteiger partial charge in [0.1, 0.15) is 5.02 Å². The second kappa shape index (κ2) is 5.64.